The maximum atomic E-state index is 10.6. The van der Waals surface area contributed by atoms with Gasteiger partial charge < -0.3 is 9.84 Å². The van der Waals surface area contributed by atoms with Gasteiger partial charge in [0.05, 0.1) is 13.2 Å². The lowest BCUT2D eigenvalue weighted by Crippen LogP contribution is -2.34. The summed E-state index contributed by atoms with van der Waals surface area (Å²) in [7, 11) is 3.79. The summed E-state index contributed by atoms with van der Waals surface area (Å²) < 4.78 is 5.47. The molecular weight excluding hydrogens is 306 g/mol. The van der Waals surface area contributed by atoms with Gasteiger partial charge in [-0.3, -0.25) is 4.90 Å². The Kier molecular flexibility index (Phi) is 4.95. The highest BCUT2D eigenvalue weighted by Gasteiger charge is 2.33. The number of hydrogen-bond donors (Lipinski definition) is 1. The van der Waals surface area contributed by atoms with Gasteiger partial charge in [0.1, 0.15) is 5.75 Å². The molecule has 23 heavy (non-hydrogen) atoms. The van der Waals surface area contributed by atoms with Crippen molar-refractivity contribution < 1.29 is 9.84 Å². The molecule has 0 bridgehead atoms. The predicted molar refractivity (Wildman–Crippen MR) is 95.1 cm³/mol. The summed E-state index contributed by atoms with van der Waals surface area (Å²) in [4.78, 5) is 3.38. The quantitative estimate of drug-likeness (QED) is 0.851. The molecule has 0 heterocycles. The Morgan fingerprint density at radius 1 is 1.26 bits per heavy atom. The maximum Gasteiger partial charge on any atom is 0.132 e. The van der Waals surface area contributed by atoms with Crippen LogP contribution in [0.4, 0.5) is 0 Å². The molecule has 2 atom stereocenters. The number of nitrogens with zero attached hydrogens (tertiary/aromatic N) is 1. The first-order valence-electron chi connectivity index (χ1n) is 7.81. The summed E-state index contributed by atoms with van der Waals surface area (Å²) in [5, 5.41) is 10.6. The molecule has 0 aliphatic heterocycles. The van der Waals surface area contributed by atoms with Crippen molar-refractivity contribution in [2.24, 2.45) is 0 Å². The normalized spacial score (nSPS) is 19.9. The van der Waals surface area contributed by atoms with Crippen LogP contribution < -0.4 is 4.74 Å². The Hall–Kier alpha value is -1.49. The van der Waals surface area contributed by atoms with Crippen molar-refractivity contribution in [3.63, 3.8) is 0 Å². The fourth-order valence-corrected chi connectivity index (χ4v) is 3.88. The number of aliphatic hydroxyl groups is 1. The first-order chi connectivity index (χ1) is 11.1. The number of aliphatic hydroxyl groups excluding tert-OH is 1. The summed E-state index contributed by atoms with van der Waals surface area (Å²) in [5.41, 5.74) is 3.53. The lowest BCUT2D eigenvalue weighted by molar-refractivity contribution is 0.0721. The summed E-state index contributed by atoms with van der Waals surface area (Å²) in [6.45, 7) is 0.792. The van der Waals surface area contributed by atoms with Gasteiger partial charge >= 0.3 is 0 Å². The van der Waals surface area contributed by atoms with E-state index in [-0.39, 0.29) is 6.04 Å². The monoisotopic (exact) mass is 329 g/mol. The van der Waals surface area contributed by atoms with Crippen LogP contribution in [0.15, 0.2) is 47.4 Å². The van der Waals surface area contributed by atoms with E-state index in [1.165, 1.54) is 11.1 Å². The molecule has 2 aromatic carbocycles. The number of benzene rings is 2. The lowest BCUT2D eigenvalue weighted by atomic mass is 10.1. The van der Waals surface area contributed by atoms with E-state index in [4.69, 9.17) is 4.74 Å². The largest absolute Gasteiger partial charge is 0.496 e. The fraction of sp³-hybridized carbons (Fsp3) is 0.368. The Morgan fingerprint density at radius 2 is 2.04 bits per heavy atom. The minimum Gasteiger partial charge on any atom is -0.496 e. The number of rotatable bonds is 5. The van der Waals surface area contributed by atoms with E-state index in [2.05, 4.69) is 42.5 Å². The highest BCUT2D eigenvalue weighted by molar-refractivity contribution is 7.98. The summed E-state index contributed by atoms with van der Waals surface area (Å²) in [6.07, 6.45) is 2.53. The van der Waals surface area contributed by atoms with Gasteiger partial charge in [-0.1, -0.05) is 30.3 Å². The van der Waals surface area contributed by atoms with Crippen LogP contribution in [0.5, 0.6) is 5.75 Å². The van der Waals surface area contributed by atoms with Gasteiger partial charge in [0.2, 0.25) is 0 Å². The van der Waals surface area contributed by atoms with Gasteiger partial charge in [-0.05, 0) is 48.5 Å². The average Bonchev–Trinajstić information content (AvgIpc) is 2.92. The summed E-state index contributed by atoms with van der Waals surface area (Å²) in [5.74, 6) is 0.915. The van der Waals surface area contributed by atoms with E-state index in [1.807, 2.05) is 18.2 Å². The molecule has 1 N–H and O–H groups in total. The van der Waals surface area contributed by atoms with Crippen molar-refractivity contribution in [3.8, 4) is 5.75 Å². The van der Waals surface area contributed by atoms with Gasteiger partial charge in [-0.2, -0.15) is 0 Å². The third-order valence-corrected chi connectivity index (χ3v) is 5.39. The molecule has 1 aliphatic rings. The number of hydrogen-bond acceptors (Lipinski definition) is 4. The summed E-state index contributed by atoms with van der Waals surface area (Å²) in [6, 6.07) is 14.6. The number of fused-ring (bicyclic) bond motifs is 1. The first kappa shape index (κ1) is 16.4. The third-order valence-electron chi connectivity index (χ3n) is 4.61. The zero-order valence-electron chi connectivity index (χ0n) is 13.8. The SMILES string of the molecule is COc1cc(CN(C)C2Cc3ccccc3C2O)ccc1SC. The molecule has 0 saturated carbocycles. The maximum absolute atomic E-state index is 10.6. The van der Waals surface area contributed by atoms with Crippen LogP contribution in [-0.2, 0) is 13.0 Å². The Balaban J connectivity index is 1.74. The molecule has 3 rings (SSSR count). The summed E-state index contributed by atoms with van der Waals surface area (Å²) >= 11 is 1.69. The minimum atomic E-state index is -0.413. The van der Waals surface area contributed by atoms with Gasteiger partial charge in [0.25, 0.3) is 0 Å². The standard InChI is InChI=1S/C19H23NO2S/c1-20(12-13-8-9-18(23-3)17(10-13)22-2)16-11-14-6-4-5-7-15(14)19(16)21/h4-10,16,19,21H,11-12H2,1-3H3. The van der Waals surface area contributed by atoms with Crippen molar-refractivity contribution >= 4 is 11.8 Å². The van der Waals surface area contributed by atoms with Gasteiger partial charge in [0.15, 0.2) is 0 Å². The molecule has 0 amide bonds. The van der Waals surface area contributed by atoms with Crippen molar-refractivity contribution in [3.05, 3.63) is 59.2 Å². The van der Waals surface area contributed by atoms with Crippen molar-refractivity contribution in [1.82, 2.24) is 4.90 Å². The molecule has 1 aliphatic carbocycles. The van der Waals surface area contributed by atoms with Crippen LogP contribution in [0, 0.1) is 0 Å². The number of ether oxygens (including phenoxy) is 1. The lowest BCUT2D eigenvalue weighted by Gasteiger charge is -2.27. The Bertz CT molecular complexity index is 689. The van der Waals surface area contributed by atoms with Crippen molar-refractivity contribution in [2.45, 2.75) is 30.0 Å². The second-order valence-corrected chi connectivity index (χ2v) is 6.87. The van der Waals surface area contributed by atoms with Crippen molar-refractivity contribution in [1.29, 1.82) is 0 Å². The fourth-order valence-electron chi connectivity index (χ4n) is 3.33. The molecule has 2 aromatic rings. The third kappa shape index (κ3) is 3.25. The first-order valence-corrected chi connectivity index (χ1v) is 9.03. The van der Waals surface area contributed by atoms with Crippen LogP contribution in [0.2, 0.25) is 0 Å². The smallest absolute Gasteiger partial charge is 0.132 e. The van der Waals surface area contributed by atoms with E-state index in [0.29, 0.717) is 0 Å². The van der Waals surface area contributed by atoms with Crippen LogP contribution in [0.1, 0.15) is 22.8 Å². The van der Waals surface area contributed by atoms with Gasteiger partial charge in [-0.15, -0.1) is 11.8 Å². The van der Waals surface area contributed by atoms with E-state index < -0.39 is 6.10 Å². The van der Waals surface area contributed by atoms with Crippen LogP contribution >= 0.6 is 11.8 Å². The molecule has 0 spiro atoms. The molecule has 4 heteroatoms. The van der Waals surface area contributed by atoms with Crippen LogP contribution in [-0.4, -0.2) is 36.5 Å². The van der Waals surface area contributed by atoms with Crippen molar-refractivity contribution in [2.75, 3.05) is 20.4 Å². The molecule has 2 unspecified atom stereocenters. The molecule has 0 radical (unpaired) electrons. The zero-order chi connectivity index (χ0) is 16.4. The minimum absolute atomic E-state index is 0.124. The van der Waals surface area contributed by atoms with E-state index in [1.54, 1.807) is 18.9 Å². The molecule has 0 saturated heterocycles. The number of methoxy groups -OCH3 is 1. The van der Waals surface area contributed by atoms with E-state index in [0.717, 1.165) is 29.2 Å². The molecule has 122 valence electrons. The number of thioether (sulfide) groups is 1. The van der Waals surface area contributed by atoms with Crippen LogP contribution in [0.25, 0.3) is 0 Å². The Labute approximate surface area is 142 Å². The Morgan fingerprint density at radius 3 is 2.74 bits per heavy atom. The molecular formula is C19H23NO2S. The molecule has 0 fully saturated rings. The highest BCUT2D eigenvalue weighted by atomic mass is 32.2. The van der Waals surface area contributed by atoms with Gasteiger partial charge in [0, 0.05) is 17.5 Å². The zero-order valence-corrected chi connectivity index (χ0v) is 14.6. The van der Waals surface area contributed by atoms with E-state index in [9.17, 15) is 5.11 Å². The molecule has 3 nitrogen and oxygen atoms in total. The molecule has 0 aromatic heterocycles. The predicted octanol–water partition coefficient (Wildman–Crippen LogP) is 3.51. The number of likely N-dealkylation sites (N-methyl/N-ethyl adjacent to an activating group) is 1. The topological polar surface area (TPSA) is 32.7 Å². The van der Waals surface area contributed by atoms with E-state index >= 15 is 0 Å². The average molecular weight is 329 g/mol. The van der Waals surface area contributed by atoms with Gasteiger partial charge in [-0.25, -0.2) is 0 Å². The van der Waals surface area contributed by atoms with Crippen LogP contribution in [0.3, 0.4) is 0 Å². The second-order valence-electron chi connectivity index (χ2n) is 6.02. The second kappa shape index (κ2) is 6.95. The highest BCUT2D eigenvalue weighted by Crippen LogP contribution is 2.35.